The van der Waals surface area contributed by atoms with Gasteiger partial charge < -0.3 is 4.74 Å². The Morgan fingerprint density at radius 2 is 2.17 bits per heavy atom. The first-order valence-electron chi connectivity index (χ1n) is 5.33. The van der Waals surface area contributed by atoms with Crippen molar-refractivity contribution >= 4 is 37.7 Å². The average Bonchev–Trinajstić information content (AvgIpc) is 2.35. The highest BCUT2D eigenvalue weighted by Gasteiger charge is 2.19. The Morgan fingerprint density at radius 3 is 2.78 bits per heavy atom. The van der Waals surface area contributed by atoms with E-state index in [2.05, 4.69) is 20.7 Å². The molecule has 102 valence electrons. The lowest BCUT2D eigenvalue weighted by Gasteiger charge is -2.10. The largest absolute Gasteiger partial charge is 0.495 e. The van der Waals surface area contributed by atoms with Crippen molar-refractivity contribution in [2.45, 2.75) is 11.3 Å². The van der Waals surface area contributed by atoms with Gasteiger partial charge in [-0.2, -0.15) is 11.8 Å². The highest BCUT2D eigenvalue weighted by atomic mass is 79.9. The molecule has 0 amide bonds. The van der Waals surface area contributed by atoms with Gasteiger partial charge in [0.1, 0.15) is 10.6 Å². The van der Waals surface area contributed by atoms with Gasteiger partial charge in [0.25, 0.3) is 0 Å². The molecule has 1 rings (SSSR count). The van der Waals surface area contributed by atoms with E-state index in [-0.39, 0.29) is 4.90 Å². The van der Waals surface area contributed by atoms with E-state index >= 15 is 0 Å². The van der Waals surface area contributed by atoms with Crippen LogP contribution in [-0.2, 0) is 10.0 Å². The van der Waals surface area contributed by atoms with Gasteiger partial charge in [0.2, 0.25) is 10.0 Å². The van der Waals surface area contributed by atoms with E-state index in [4.69, 9.17) is 4.74 Å². The molecule has 0 fully saturated rings. The molecule has 0 atom stereocenters. The van der Waals surface area contributed by atoms with Gasteiger partial charge in [-0.1, -0.05) is 15.9 Å². The summed E-state index contributed by atoms with van der Waals surface area (Å²) < 4.78 is 32.6. The third-order valence-corrected chi connectivity index (χ3v) is 4.90. The molecule has 0 bridgehead atoms. The van der Waals surface area contributed by atoms with E-state index < -0.39 is 10.0 Å². The summed E-state index contributed by atoms with van der Waals surface area (Å²) in [4.78, 5) is 0.156. The second kappa shape index (κ2) is 7.37. The topological polar surface area (TPSA) is 55.4 Å². The summed E-state index contributed by atoms with van der Waals surface area (Å²) in [7, 11) is -2.07. The fourth-order valence-corrected chi connectivity index (χ4v) is 3.57. The van der Waals surface area contributed by atoms with Crippen molar-refractivity contribution < 1.29 is 13.2 Å². The SMILES string of the molecule is COc1ccc(Br)cc1S(=O)(=O)NCCCSC. The van der Waals surface area contributed by atoms with Crippen LogP contribution in [0.4, 0.5) is 0 Å². The lowest BCUT2D eigenvalue weighted by Crippen LogP contribution is -2.25. The van der Waals surface area contributed by atoms with E-state index in [1.165, 1.54) is 13.2 Å². The first-order chi connectivity index (χ1) is 8.51. The van der Waals surface area contributed by atoms with Crippen LogP contribution in [0.3, 0.4) is 0 Å². The number of hydrogen-bond acceptors (Lipinski definition) is 4. The highest BCUT2D eigenvalue weighted by molar-refractivity contribution is 9.10. The first-order valence-corrected chi connectivity index (χ1v) is 9.00. The highest BCUT2D eigenvalue weighted by Crippen LogP contribution is 2.26. The second-order valence-corrected chi connectivity index (χ2v) is 7.18. The summed E-state index contributed by atoms with van der Waals surface area (Å²) in [5.41, 5.74) is 0. The normalized spacial score (nSPS) is 11.5. The van der Waals surface area contributed by atoms with Crippen molar-refractivity contribution in [1.29, 1.82) is 0 Å². The molecule has 0 saturated carbocycles. The standard InChI is InChI=1S/C11H16BrNO3S2/c1-16-10-5-4-9(12)8-11(10)18(14,15)13-6-3-7-17-2/h4-5,8,13H,3,6-7H2,1-2H3. The molecule has 0 aliphatic carbocycles. The Morgan fingerprint density at radius 1 is 1.44 bits per heavy atom. The zero-order valence-corrected chi connectivity index (χ0v) is 13.5. The Bertz CT molecular complexity index is 491. The molecule has 0 unspecified atom stereocenters. The minimum atomic E-state index is -3.52. The number of methoxy groups -OCH3 is 1. The van der Waals surface area contributed by atoms with E-state index in [9.17, 15) is 8.42 Å². The lowest BCUT2D eigenvalue weighted by atomic mass is 10.3. The molecule has 0 aliphatic heterocycles. The molecular formula is C11H16BrNO3S2. The molecule has 0 heterocycles. The molecule has 1 N–H and O–H groups in total. The molecule has 1 aromatic rings. The summed E-state index contributed by atoms with van der Waals surface area (Å²) >= 11 is 4.95. The van der Waals surface area contributed by atoms with Crippen LogP contribution in [0.2, 0.25) is 0 Å². The number of hydrogen-bond donors (Lipinski definition) is 1. The van der Waals surface area contributed by atoms with Gasteiger partial charge in [0, 0.05) is 11.0 Å². The molecular weight excluding hydrogens is 338 g/mol. The zero-order valence-electron chi connectivity index (χ0n) is 10.3. The molecule has 4 nitrogen and oxygen atoms in total. The Labute approximate surface area is 121 Å². The molecule has 0 aromatic heterocycles. The molecule has 0 spiro atoms. The summed E-state index contributed by atoms with van der Waals surface area (Å²) in [5.74, 6) is 1.27. The minimum Gasteiger partial charge on any atom is -0.495 e. The Balaban J connectivity index is 2.87. The van der Waals surface area contributed by atoms with Crippen molar-refractivity contribution in [1.82, 2.24) is 4.72 Å². The van der Waals surface area contributed by atoms with Gasteiger partial charge in [-0.25, -0.2) is 13.1 Å². The monoisotopic (exact) mass is 353 g/mol. The van der Waals surface area contributed by atoms with Crippen molar-refractivity contribution in [3.05, 3.63) is 22.7 Å². The number of sulfonamides is 1. The zero-order chi connectivity index (χ0) is 13.6. The summed E-state index contributed by atoms with van der Waals surface area (Å²) in [6, 6.07) is 4.90. The quantitative estimate of drug-likeness (QED) is 0.765. The third-order valence-electron chi connectivity index (χ3n) is 2.23. The predicted octanol–water partition coefficient (Wildman–Crippen LogP) is 2.49. The molecule has 0 aliphatic rings. The molecule has 0 saturated heterocycles. The maximum absolute atomic E-state index is 12.1. The van der Waals surface area contributed by atoms with Gasteiger partial charge in [0.05, 0.1) is 7.11 Å². The van der Waals surface area contributed by atoms with Crippen molar-refractivity contribution in [3.63, 3.8) is 0 Å². The second-order valence-electron chi connectivity index (χ2n) is 3.54. The van der Waals surface area contributed by atoms with Crippen LogP contribution < -0.4 is 9.46 Å². The number of nitrogens with one attached hydrogen (secondary N) is 1. The van der Waals surface area contributed by atoms with Crippen LogP contribution in [0.5, 0.6) is 5.75 Å². The van der Waals surface area contributed by atoms with E-state index in [1.807, 2.05) is 6.26 Å². The van der Waals surface area contributed by atoms with Crippen LogP contribution in [0, 0.1) is 0 Å². The Kier molecular flexibility index (Phi) is 6.48. The number of halogens is 1. The molecule has 0 radical (unpaired) electrons. The van der Waals surface area contributed by atoms with E-state index in [0.29, 0.717) is 16.8 Å². The molecule has 7 heteroatoms. The van der Waals surface area contributed by atoms with Crippen LogP contribution in [-0.4, -0.2) is 34.1 Å². The summed E-state index contributed by atoms with van der Waals surface area (Å²) in [5, 5.41) is 0. The molecule has 1 aromatic carbocycles. The maximum atomic E-state index is 12.1. The smallest absolute Gasteiger partial charge is 0.244 e. The fraction of sp³-hybridized carbons (Fsp3) is 0.455. The van der Waals surface area contributed by atoms with Gasteiger partial charge >= 0.3 is 0 Å². The lowest BCUT2D eigenvalue weighted by molar-refractivity contribution is 0.402. The molecule has 18 heavy (non-hydrogen) atoms. The van der Waals surface area contributed by atoms with Crippen LogP contribution in [0.25, 0.3) is 0 Å². The van der Waals surface area contributed by atoms with Gasteiger partial charge in [-0.15, -0.1) is 0 Å². The Hall–Kier alpha value is -0.240. The number of ether oxygens (including phenoxy) is 1. The third kappa shape index (κ3) is 4.46. The van der Waals surface area contributed by atoms with Crippen LogP contribution in [0.1, 0.15) is 6.42 Å². The number of rotatable bonds is 7. The average molecular weight is 354 g/mol. The van der Waals surface area contributed by atoms with Crippen LogP contribution in [0.15, 0.2) is 27.6 Å². The predicted molar refractivity (Wildman–Crippen MR) is 78.9 cm³/mol. The number of benzene rings is 1. The summed E-state index contributed by atoms with van der Waals surface area (Å²) in [6.07, 6.45) is 2.79. The van der Waals surface area contributed by atoms with Crippen LogP contribution >= 0.6 is 27.7 Å². The number of thioether (sulfide) groups is 1. The maximum Gasteiger partial charge on any atom is 0.244 e. The summed E-state index contributed by atoms with van der Waals surface area (Å²) in [6.45, 7) is 0.429. The van der Waals surface area contributed by atoms with Gasteiger partial charge in [-0.3, -0.25) is 0 Å². The van der Waals surface area contributed by atoms with E-state index in [0.717, 1.165) is 12.2 Å². The van der Waals surface area contributed by atoms with Crippen molar-refractivity contribution in [2.24, 2.45) is 0 Å². The van der Waals surface area contributed by atoms with Gasteiger partial charge in [0.15, 0.2) is 0 Å². The van der Waals surface area contributed by atoms with Crippen molar-refractivity contribution in [3.8, 4) is 5.75 Å². The van der Waals surface area contributed by atoms with Gasteiger partial charge in [-0.05, 0) is 36.6 Å². The minimum absolute atomic E-state index is 0.156. The van der Waals surface area contributed by atoms with Crippen molar-refractivity contribution in [2.75, 3.05) is 25.7 Å². The fourth-order valence-electron chi connectivity index (χ4n) is 1.36. The van der Waals surface area contributed by atoms with E-state index in [1.54, 1.807) is 23.9 Å². The first kappa shape index (κ1) is 15.8.